The molecule has 4 N–H and O–H groups in total. The molecule has 0 atom stereocenters. The van der Waals surface area contributed by atoms with Crippen LogP contribution in [-0.2, 0) is 0 Å². The molecule has 0 bridgehead atoms. The van der Waals surface area contributed by atoms with E-state index in [4.69, 9.17) is 15.2 Å². The Morgan fingerprint density at radius 3 is 2.33 bits per heavy atom. The van der Waals surface area contributed by atoms with Crippen LogP contribution in [0.4, 0.5) is 11.4 Å². The minimum absolute atomic E-state index is 0.429. The maximum atomic E-state index is 10.8. The quantitative estimate of drug-likeness (QED) is 0.588. The van der Waals surface area contributed by atoms with Gasteiger partial charge in [-0.1, -0.05) is 12.1 Å². The number of para-hydroxylation sites is 2. The van der Waals surface area contributed by atoms with E-state index in [0.29, 0.717) is 17.1 Å². The lowest BCUT2D eigenvalue weighted by atomic mass is 10.2. The van der Waals surface area contributed by atoms with Gasteiger partial charge in [0, 0.05) is 5.56 Å². The standard InChI is InChI=1S/C15H15N3O3/c1-20-14-8-10(9-19)6-7-13(14)21-15(16)17-11-4-2-3-5-12(11)18-15/h2-9,17-18H,16H2,1H3. The minimum Gasteiger partial charge on any atom is -0.493 e. The average Bonchev–Trinajstić information content (AvgIpc) is 2.83. The SMILES string of the molecule is COc1cc(C=O)ccc1OC1(N)Nc2ccccc2N1. The number of fused-ring (bicyclic) bond motifs is 1. The molecule has 0 aromatic heterocycles. The zero-order valence-electron chi connectivity index (χ0n) is 11.4. The maximum Gasteiger partial charge on any atom is 0.321 e. The van der Waals surface area contributed by atoms with Crippen LogP contribution >= 0.6 is 0 Å². The van der Waals surface area contributed by atoms with Crippen molar-refractivity contribution in [2.24, 2.45) is 5.73 Å². The van der Waals surface area contributed by atoms with Crippen molar-refractivity contribution in [3.63, 3.8) is 0 Å². The van der Waals surface area contributed by atoms with Gasteiger partial charge in [0.25, 0.3) is 0 Å². The lowest BCUT2D eigenvalue weighted by Gasteiger charge is -2.27. The lowest BCUT2D eigenvalue weighted by Crippen LogP contribution is -2.56. The van der Waals surface area contributed by atoms with Gasteiger partial charge in [-0.3, -0.25) is 10.5 Å². The van der Waals surface area contributed by atoms with Crippen molar-refractivity contribution in [3.8, 4) is 11.5 Å². The van der Waals surface area contributed by atoms with Crippen LogP contribution in [0.5, 0.6) is 11.5 Å². The molecule has 0 aliphatic carbocycles. The molecule has 0 fully saturated rings. The number of hydrogen-bond donors (Lipinski definition) is 3. The predicted molar refractivity (Wildman–Crippen MR) is 79.6 cm³/mol. The molecular weight excluding hydrogens is 270 g/mol. The van der Waals surface area contributed by atoms with Crippen LogP contribution in [0.2, 0.25) is 0 Å². The zero-order chi connectivity index (χ0) is 14.9. The topological polar surface area (TPSA) is 85.6 Å². The molecule has 108 valence electrons. The van der Waals surface area contributed by atoms with Crippen molar-refractivity contribution in [3.05, 3.63) is 48.0 Å². The van der Waals surface area contributed by atoms with E-state index in [1.54, 1.807) is 18.2 Å². The van der Waals surface area contributed by atoms with Gasteiger partial charge in [0.1, 0.15) is 6.29 Å². The highest BCUT2D eigenvalue weighted by Gasteiger charge is 2.35. The second-order valence-corrected chi connectivity index (χ2v) is 4.66. The van der Waals surface area contributed by atoms with E-state index in [2.05, 4.69) is 10.6 Å². The van der Waals surface area contributed by atoms with Gasteiger partial charge in [0.15, 0.2) is 11.5 Å². The van der Waals surface area contributed by atoms with Gasteiger partial charge >= 0.3 is 5.97 Å². The Balaban J connectivity index is 1.86. The van der Waals surface area contributed by atoms with Gasteiger partial charge in [-0.15, -0.1) is 0 Å². The summed E-state index contributed by atoms with van der Waals surface area (Å²) in [6.07, 6.45) is 0.742. The Morgan fingerprint density at radius 1 is 1.10 bits per heavy atom. The molecule has 6 heteroatoms. The number of aldehydes is 1. The van der Waals surface area contributed by atoms with Crippen molar-refractivity contribution >= 4 is 17.7 Å². The molecule has 0 radical (unpaired) electrons. The average molecular weight is 285 g/mol. The van der Waals surface area contributed by atoms with Crippen LogP contribution in [0.1, 0.15) is 10.4 Å². The van der Waals surface area contributed by atoms with Crippen LogP contribution in [-0.4, -0.2) is 19.4 Å². The van der Waals surface area contributed by atoms with E-state index in [0.717, 1.165) is 17.7 Å². The summed E-state index contributed by atoms with van der Waals surface area (Å²) >= 11 is 0. The van der Waals surface area contributed by atoms with Crippen molar-refractivity contribution in [2.75, 3.05) is 17.7 Å². The molecule has 0 unspecified atom stereocenters. The van der Waals surface area contributed by atoms with E-state index in [1.165, 1.54) is 7.11 Å². The Labute approximate surface area is 121 Å². The maximum absolute atomic E-state index is 10.8. The number of benzene rings is 2. The molecular formula is C15H15N3O3. The highest BCUT2D eigenvalue weighted by Crippen LogP contribution is 2.35. The van der Waals surface area contributed by atoms with Crippen LogP contribution < -0.4 is 25.8 Å². The monoisotopic (exact) mass is 285 g/mol. The van der Waals surface area contributed by atoms with Crippen molar-refractivity contribution in [1.29, 1.82) is 0 Å². The Kier molecular flexibility index (Phi) is 3.15. The number of anilines is 2. The molecule has 3 rings (SSSR count). The number of hydrogen-bond acceptors (Lipinski definition) is 6. The third-order valence-corrected chi connectivity index (χ3v) is 3.16. The summed E-state index contributed by atoms with van der Waals surface area (Å²) < 4.78 is 11.0. The van der Waals surface area contributed by atoms with E-state index in [-0.39, 0.29) is 0 Å². The smallest absolute Gasteiger partial charge is 0.321 e. The lowest BCUT2D eigenvalue weighted by molar-refractivity contribution is 0.112. The predicted octanol–water partition coefficient (Wildman–Crippen LogP) is 1.99. The normalized spacial score (nSPS) is 14.6. The molecule has 2 aromatic rings. The molecule has 0 saturated carbocycles. The number of ether oxygens (including phenoxy) is 2. The highest BCUT2D eigenvalue weighted by atomic mass is 16.6. The molecule has 1 aliphatic rings. The molecule has 0 spiro atoms. The number of nitrogens with two attached hydrogens (primary N) is 1. The second-order valence-electron chi connectivity index (χ2n) is 4.66. The third-order valence-electron chi connectivity index (χ3n) is 3.16. The Bertz CT molecular complexity index is 663. The van der Waals surface area contributed by atoms with Gasteiger partial charge in [-0.25, -0.2) is 0 Å². The fraction of sp³-hybridized carbons (Fsp3) is 0.133. The van der Waals surface area contributed by atoms with Gasteiger partial charge < -0.3 is 20.1 Å². The minimum atomic E-state index is -1.28. The number of methoxy groups -OCH3 is 1. The van der Waals surface area contributed by atoms with Gasteiger partial charge in [0.2, 0.25) is 0 Å². The summed E-state index contributed by atoms with van der Waals surface area (Å²) in [7, 11) is 1.50. The molecule has 0 saturated heterocycles. The first-order valence-corrected chi connectivity index (χ1v) is 6.40. The summed E-state index contributed by atoms with van der Waals surface area (Å²) in [5, 5.41) is 6.12. The van der Waals surface area contributed by atoms with E-state index in [1.807, 2.05) is 24.3 Å². The number of carbonyl (C=O) groups is 1. The second kappa shape index (κ2) is 4.99. The molecule has 2 aromatic carbocycles. The fourth-order valence-corrected chi connectivity index (χ4v) is 2.20. The van der Waals surface area contributed by atoms with Gasteiger partial charge in [-0.2, -0.15) is 0 Å². The molecule has 6 nitrogen and oxygen atoms in total. The summed E-state index contributed by atoms with van der Waals surface area (Å²) in [6, 6.07) is 12.5. The first kappa shape index (κ1) is 13.3. The first-order valence-electron chi connectivity index (χ1n) is 6.40. The largest absolute Gasteiger partial charge is 0.493 e. The summed E-state index contributed by atoms with van der Waals surface area (Å²) in [5.41, 5.74) is 8.37. The zero-order valence-corrected chi connectivity index (χ0v) is 11.4. The Hall–Kier alpha value is -2.73. The van der Waals surface area contributed by atoms with Crippen LogP contribution in [0.3, 0.4) is 0 Å². The molecule has 0 amide bonds. The summed E-state index contributed by atoms with van der Waals surface area (Å²) in [4.78, 5) is 10.8. The number of rotatable bonds is 4. The van der Waals surface area contributed by atoms with E-state index in [9.17, 15) is 4.79 Å². The number of carbonyl (C=O) groups excluding carboxylic acids is 1. The van der Waals surface area contributed by atoms with Gasteiger partial charge in [-0.05, 0) is 30.3 Å². The summed E-state index contributed by atoms with van der Waals surface area (Å²) in [5.74, 6) is -0.415. The van der Waals surface area contributed by atoms with Crippen molar-refractivity contribution < 1.29 is 14.3 Å². The van der Waals surface area contributed by atoms with Gasteiger partial charge in [0.05, 0.1) is 18.5 Å². The van der Waals surface area contributed by atoms with Crippen LogP contribution in [0.25, 0.3) is 0 Å². The molecule has 21 heavy (non-hydrogen) atoms. The molecule has 1 heterocycles. The van der Waals surface area contributed by atoms with Crippen LogP contribution in [0, 0.1) is 0 Å². The van der Waals surface area contributed by atoms with Crippen molar-refractivity contribution in [1.82, 2.24) is 0 Å². The van der Waals surface area contributed by atoms with Crippen LogP contribution in [0.15, 0.2) is 42.5 Å². The number of nitrogens with one attached hydrogen (secondary N) is 2. The Morgan fingerprint density at radius 2 is 1.76 bits per heavy atom. The third kappa shape index (κ3) is 2.48. The van der Waals surface area contributed by atoms with E-state index >= 15 is 0 Å². The fourth-order valence-electron chi connectivity index (χ4n) is 2.20. The van der Waals surface area contributed by atoms with Crippen molar-refractivity contribution in [2.45, 2.75) is 5.97 Å². The summed E-state index contributed by atoms with van der Waals surface area (Å²) in [6.45, 7) is 0. The highest BCUT2D eigenvalue weighted by molar-refractivity contribution is 5.77. The van der Waals surface area contributed by atoms with E-state index < -0.39 is 5.97 Å². The first-order chi connectivity index (χ1) is 10.1. The molecule has 1 aliphatic heterocycles.